The van der Waals surface area contributed by atoms with Crippen LogP contribution in [0.25, 0.3) is 80.7 Å². The fourth-order valence-corrected chi connectivity index (χ4v) is 7.40. The molecule has 0 amide bonds. The van der Waals surface area contributed by atoms with Crippen molar-refractivity contribution in [3.8, 4) is 16.8 Å². The number of hydrogen-bond donors (Lipinski definition) is 0. The number of benzene rings is 6. The van der Waals surface area contributed by atoms with Gasteiger partial charge in [0.25, 0.3) is 0 Å². The summed E-state index contributed by atoms with van der Waals surface area (Å²) in [6.07, 6.45) is 0. The molecule has 0 spiro atoms. The van der Waals surface area contributed by atoms with E-state index in [2.05, 4.69) is 132 Å². The Morgan fingerprint density at radius 2 is 1.33 bits per heavy atom. The first-order valence-electron chi connectivity index (χ1n) is 13.2. The van der Waals surface area contributed by atoms with Crippen LogP contribution >= 0.6 is 11.3 Å². The molecule has 9 rings (SSSR count). The van der Waals surface area contributed by atoms with Gasteiger partial charge < -0.3 is 8.98 Å². The molecule has 39 heavy (non-hydrogen) atoms. The van der Waals surface area contributed by atoms with Gasteiger partial charge in [0.2, 0.25) is 0 Å². The molecule has 0 aliphatic rings. The molecule has 0 fully saturated rings. The van der Waals surface area contributed by atoms with Gasteiger partial charge in [-0.05, 0) is 70.4 Å². The smallest absolute Gasteiger partial charge is 0.161 e. The topological polar surface area (TPSA) is 18.1 Å². The van der Waals surface area contributed by atoms with Crippen molar-refractivity contribution in [2.45, 2.75) is 0 Å². The number of thiophene rings is 1. The Kier molecular flexibility index (Phi) is 4.24. The fourth-order valence-electron chi connectivity index (χ4n) is 6.22. The van der Waals surface area contributed by atoms with Gasteiger partial charge >= 0.3 is 0 Å². The minimum absolute atomic E-state index is 0.913. The summed E-state index contributed by atoms with van der Waals surface area (Å²) >= 11 is 1.87. The van der Waals surface area contributed by atoms with E-state index in [4.69, 9.17) is 4.42 Å². The Bertz CT molecular complexity index is 2390. The zero-order chi connectivity index (χ0) is 25.5. The van der Waals surface area contributed by atoms with Gasteiger partial charge in [-0.2, -0.15) is 0 Å². The Morgan fingerprint density at radius 1 is 0.564 bits per heavy atom. The maximum absolute atomic E-state index is 6.59. The van der Waals surface area contributed by atoms with E-state index in [1.54, 1.807) is 0 Å². The lowest BCUT2D eigenvalue weighted by Gasteiger charge is -2.09. The van der Waals surface area contributed by atoms with Crippen LogP contribution in [0.3, 0.4) is 0 Å². The summed E-state index contributed by atoms with van der Waals surface area (Å²) in [6, 6.07) is 45.7. The molecule has 0 N–H and O–H groups in total. The third-order valence-corrected chi connectivity index (χ3v) is 9.08. The number of aromatic nitrogens is 1. The molecule has 0 radical (unpaired) electrons. The maximum Gasteiger partial charge on any atom is 0.161 e. The molecule has 0 aliphatic heterocycles. The van der Waals surface area contributed by atoms with E-state index in [0.717, 1.165) is 38.7 Å². The SMILES string of the molecule is c1ccc(-n2c3ccccc3c3oc4cccc(-c5ccc6c(c5)sc5cc7ccccc7cc56)c4c32)cc1. The molecule has 0 unspecified atom stereocenters. The van der Waals surface area contributed by atoms with Gasteiger partial charge in [0.05, 0.1) is 10.9 Å². The van der Waals surface area contributed by atoms with Gasteiger partial charge in [0.1, 0.15) is 11.1 Å². The minimum Gasteiger partial charge on any atom is -0.454 e. The predicted octanol–water partition coefficient (Wildman–Crippen LogP) is 10.7. The molecule has 182 valence electrons. The molecule has 0 saturated carbocycles. The maximum atomic E-state index is 6.59. The van der Waals surface area contributed by atoms with Gasteiger partial charge in [-0.15, -0.1) is 11.3 Å². The number of furan rings is 1. The summed E-state index contributed by atoms with van der Waals surface area (Å²) < 4.78 is 11.6. The molecule has 0 saturated heterocycles. The van der Waals surface area contributed by atoms with E-state index in [0.29, 0.717) is 0 Å². The highest BCUT2D eigenvalue weighted by atomic mass is 32.1. The largest absolute Gasteiger partial charge is 0.454 e. The Balaban J connectivity index is 1.36. The third kappa shape index (κ3) is 2.96. The summed E-state index contributed by atoms with van der Waals surface area (Å²) in [6.45, 7) is 0. The van der Waals surface area contributed by atoms with E-state index in [-0.39, 0.29) is 0 Å². The lowest BCUT2D eigenvalue weighted by atomic mass is 9.99. The van der Waals surface area contributed by atoms with E-state index < -0.39 is 0 Å². The average molecular weight is 516 g/mol. The monoisotopic (exact) mass is 515 g/mol. The molecule has 0 aliphatic carbocycles. The quantitative estimate of drug-likeness (QED) is 0.224. The lowest BCUT2D eigenvalue weighted by Crippen LogP contribution is -1.93. The second-order valence-corrected chi connectivity index (χ2v) is 11.2. The van der Waals surface area contributed by atoms with Crippen molar-refractivity contribution in [2.24, 2.45) is 0 Å². The van der Waals surface area contributed by atoms with Crippen molar-refractivity contribution in [1.82, 2.24) is 4.57 Å². The molecule has 2 nitrogen and oxygen atoms in total. The van der Waals surface area contributed by atoms with E-state index in [1.807, 2.05) is 11.3 Å². The first-order valence-corrected chi connectivity index (χ1v) is 14.0. The molecule has 6 aromatic carbocycles. The standard InChI is InChI=1S/C36H21NOS/c1-2-11-25(12-3-1)37-30-15-7-6-13-28(30)36-35(37)34-26(14-8-16-31(34)38-36)24-17-18-27-29-19-22-9-4-5-10-23(22)20-33(29)39-32(27)21-24/h1-21H. The summed E-state index contributed by atoms with van der Waals surface area (Å²) in [7, 11) is 0. The van der Waals surface area contributed by atoms with Gasteiger partial charge in [-0.25, -0.2) is 0 Å². The van der Waals surface area contributed by atoms with Crippen LogP contribution in [0, 0.1) is 0 Å². The van der Waals surface area contributed by atoms with Crippen molar-refractivity contribution in [3.05, 3.63) is 127 Å². The molecular weight excluding hydrogens is 494 g/mol. The number of rotatable bonds is 2. The Morgan fingerprint density at radius 3 is 2.23 bits per heavy atom. The molecule has 0 bridgehead atoms. The lowest BCUT2D eigenvalue weighted by molar-refractivity contribution is 0.673. The van der Waals surface area contributed by atoms with E-state index >= 15 is 0 Å². The molecular formula is C36H21NOS. The number of nitrogens with zero attached hydrogens (tertiary/aromatic N) is 1. The van der Waals surface area contributed by atoms with Gasteiger partial charge in [0, 0.05) is 31.2 Å². The zero-order valence-corrected chi connectivity index (χ0v) is 21.7. The normalized spacial score (nSPS) is 12.1. The highest BCUT2D eigenvalue weighted by Gasteiger charge is 2.21. The van der Waals surface area contributed by atoms with Crippen LogP contribution < -0.4 is 0 Å². The second kappa shape index (κ2) is 7.83. The van der Waals surface area contributed by atoms with Crippen LogP contribution in [0.1, 0.15) is 0 Å². The number of fused-ring (bicyclic) bond motifs is 9. The van der Waals surface area contributed by atoms with Crippen LogP contribution in [-0.2, 0) is 0 Å². The average Bonchev–Trinajstić information content (AvgIpc) is 3.64. The molecule has 3 heterocycles. The van der Waals surface area contributed by atoms with Crippen molar-refractivity contribution in [2.75, 3.05) is 0 Å². The van der Waals surface area contributed by atoms with Gasteiger partial charge in [-0.3, -0.25) is 0 Å². The van der Waals surface area contributed by atoms with Crippen molar-refractivity contribution in [3.63, 3.8) is 0 Å². The van der Waals surface area contributed by atoms with Crippen LogP contribution in [0.15, 0.2) is 132 Å². The summed E-state index contributed by atoms with van der Waals surface area (Å²) in [5.41, 5.74) is 7.65. The molecule has 0 atom stereocenters. The van der Waals surface area contributed by atoms with Crippen LogP contribution in [-0.4, -0.2) is 4.57 Å². The van der Waals surface area contributed by atoms with Crippen LogP contribution in [0.4, 0.5) is 0 Å². The van der Waals surface area contributed by atoms with E-state index in [1.165, 1.54) is 42.1 Å². The van der Waals surface area contributed by atoms with Crippen molar-refractivity contribution in [1.29, 1.82) is 0 Å². The predicted molar refractivity (Wildman–Crippen MR) is 166 cm³/mol. The summed E-state index contributed by atoms with van der Waals surface area (Å²) in [5.74, 6) is 0. The molecule has 3 aromatic heterocycles. The Labute approximate surface area is 227 Å². The first-order chi connectivity index (χ1) is 19.3. The zero-order valence-electron chi connectivity index (χ0n) is 20.9. The van der Waals surface area contributed by atoms with E-state index in [9.17, 15) is 0 Å². The minimum atomic E-state index is 0.913. The van der Waals surface area contributed by atoms with Gasteiger partial charge in [-0.1, -0.05) is 78.9 Å². The number of para-hydroxylation sites is 2. The highest BCUT2D eigenvalue weighted by Crippen LogP contribution is 2.44. The molecule has 9 aromatic rings. The summed E-state index contributed by atoms with van der Waals surface area (Å²) in [5, 5.41) is 7.49. The van der Waals surface area contributed by atoms with Gasteiger partial charge in [0.15, 0.2) is 5.58 Å². The third-order valence-electron chi connectivity index (χ3n) is 7.97. The van der Waals surface area contributed by atoms with Crippen LogP contribution in [0.2, 0.25) is 0 Å². The summed E-state index contributed by atoms with van der Waals surface area (Å²) in [4.78, 5) is 0. The fraction of sp³-hybridized carbons (Fsp3) is 0. The van der Waals surface area contributed by atoms with Crippen LogP contribution in [0.5, 0.6) is 0 Å². The van der Waals surface area contributed by atoms with Crippen molar-refractivity contribution >= 4 is 75.3 Å². The first kappa shape index (κ1) is 21.1. The van der Waals surface area contributed by atoms with Crippen molar-refractivity contribution < 1.29 is 4.42 Å². The highest BCUT2D eigenvalue weighted by molar-refractivity contribution is 7.25. The second-order valence-electron chi connectivity index (χ2n) is 10.2. The molecule has 3 heteroatoms. The Hall–Kier alpha value is -4.86. The number of hydrogen-bond acceptors (Lipinski definition) is 2.